The third kappa shape index (κ3) is 6.42. The molecule has 0 N–H and O–H groups in total. The van der Waals surface area contributed by atoms with E-state index in [4.69, 9.17) is 4.74 Å². The Morgan fingerprint density at radius 1 is 1.04 bits per heavy atom. The molecule has 0 fully saturated rings. The lowest BCUT2D eigenvalue weighted by molar-refractivity contribution is 0.193. The van der Waals surface area contributed by atoms with Gasteiger partial charge in [-0.25, -0.2) is 0 Å². The van der Waals surface area contributed by atoms with Crippen molar-refractivity contribution in [2.45, 2.75) is 65.9 Å². The van der Waals surface area contributed by atoms with E-state index in [1.165, 1.54) is 11.1 Å². The summed E-state index contributed by atoms with van der Waals surface area (Å²) in [5.41, 5.74) is 3.70. The Labute approximate surface area is 154 Å². The summed E-state index contributed by atoms with van der Waals surface area (Å²) in [7, 11) is 0. The SMILES string of the molecule is C=Cc1cc(OC(CCC)c2ccccc2)cc(C(C)(C)C)c1.CC. The van der Waals surface area contributed by atoms with Crippen LogP contribution in [0.3, 0.4) is 0 Å². The molecule has 0 aliphatic rings. The molecule has 1 unspecified atom stereocenters. The average Bonchev–Trinajstić information content (AvgIpc) is 2.63. The molecular formula is C24H34O. The average molecular weight is 339 g/mol. The van der Waals surface area contributed by atoms with E-state index < -0.39 is 0 Å². The lowest BCUT2D eigenvalue weighted by Crippen LogP contribution is -2.13. The van der Waals surface area contributed by atoms with Crippen LogP contribution < -0.4 is 4.74 Å². The van der Waals surface area contributed by atoms with Crippen LogP contribution in [0.25, 0.3) is 6.08 Å². The summed E-state index contributed by atoms with van der Waals surface area (Å²) in [5.74, 6) is 0.926. The van der Waals surface area contributed by atoms with Crippen molar-refractivity contribution in [3.63, 3.8) is 0 Å². The van der Waals surface area contributed by atoms with E-state index in [0.29, 0.717) is 0 Å². The number of ether oxygens (including phenoxy) is 1. The fourth-order valence-corrected chi connectivity index (χ4v) is 2.63. The molecule has 0 heterocycles. The van der Waals surface area contributed by atoms with Gasteiger partial charge in [-0.2, -0.15) is 0 Å². The van der Waals surface area contributed by atoms with E-state index in [9.17, 15) is 0 Å². The maximum Gasteiger partial charge on any atom is 0.124 e. The molecule has 0 spiro atoms. The molecule has 0 aliphatic carbocycles. The Bertz CT molecular complexity index is 635. The quantitative estimate of drug-likeness (QED) is 0.527. The first-order valence-corrected chi connectivity index (χ1v) is 9.43. The number of hydrogen-bond acceptors (Lipinski definition) is 1. The third-order valence-corrected chi connectivity index (χ3v) is 4.03. The minimum absolute atomic E-state index is 0.0874. The molecule has 1 atom stereocenters. The maximum atomic E-state index is 6.37. The fourth-order valence-electron chi connectivity index (χ4n) is 2.63. The number of hydrogen-bond donors (Lipinski definition) is 0. The van der Waals surface area contributed by atoms with Gasteiger partial charge in [-0.1, -0.05) is 97.0 Å². The lowest BCUT2D eigenvalue weighted by Gasteiger charge is -2.23. The summed E-state index contributed by atoms with van der Waals surface area (Å²) < 4.78 is 6.37. The van der Waals surface area contributed by atoms with E-state index in [1.54, 1.807) is 0 Å². The summed E-state index contributed by atoms with van der Waals surface area (Å²) in [6.07, 6.45) is 4.08. The predicted molar refractivity (Wildman–Crippen MR) is 111 cm³/mol. The Morgan fingerprint density at radius 3 is 2.20 bits per heavy atom. The van der Waals surface area contributed by atoms with Gasteiger partial charge in [-0.05, 0) is 40.7 Å². The van der Waals surface area contributed by atoms with Gasteiger partial charge in [0.05, 0.1) is 0 Å². The minimum Gasteiger partial charge on any atom is -0.486 e. The van der Waals surface area contributed by atoms with Gasteiger partial charge in [0.25, 0.3) is 0 Å². The Kier molecular flexibility index (Phi) is 8.48. The van der Waals surface area contributed by atoms with Gasteiger partial charge in [0, 0.05) is 0 Å². The zero-order chi connectivity index (χ0) is 18.9. The molecule has 0 aliphatic heterocycles. The van der Waals surface area contributed by atoms with Crippen LogP contribution in [0.15, 0.2) is 55.1 Å². The Balaban J connectivity index is 0.00000151. The van der Waals surface area contributed by atoms with Crippen molar-refractivity contribution >= 4 is 6.08 Å². The Morgan fingerprint density at radius 2 is 1.68 bits per heavy atom. The first-order chi connectivity index (χ1) is 11.9. The zero-order valence-corrected chi connectivity index (χ0v) is 16.8. The van der Waals surface area contributed by atoms with Gasteiger partial charge >= 0.3 is 0 Å². The molecule has 0 bridgehead atoms. The van der Waals surface area contributed by atoms with Crippen LogP contribution in [0.4, 0.5) is 0 Å². The smallest absolute Gasteiger partial charge is 0.124 e. The molecular weight excluding hydrogens is 304 g/mol. The molecule has 0 amide bonds. The molecule has 0 saturated carbocycles. The Hall–Kier alpha value is -2.02. The van der Waals surface area contributed by atoms with Crippen LogP contribution in [0.2, 0.25) is 0 Å². The largest absolute Gasteiger partial charge is 0.486 e. The summed E-state index contributed by atoms with van der Waals surface area (Å²) in [4.78, 5) is 0. The van der Waals surface area contributed by atoms with E-state index >= 15 is 0 Å². The van der Waals surface area contributed by atoms with Crippen LogP contribution >= 0.6 is 0 Å². The minimum atomic E-state index is 0.0874. The standard InChI is InChI=1S/C22H28O.C2H6/c1-6-11-21(18-12-9-8-10-13-18)23-20-15-17(7-2)14-19(16-20)22(3,4)5;1-2/h7-10,12-16,21H,2,6,11H2,1,3-5H3;1-2H3. The highest BCUT2D eigenvalue weighted by atomic mass is 16.5. The lowest BCUT2D eigenvalue weighted by atomic mass is 9.86. The summed E-state index contributed by atoms with van der Waals surface area (Å²) in [5, 5.41) is 0. The fraction of sp³-hybridized carbons (Fsp3) is 0.417. The van der Waals surface area contributed by atoms with Gasteiger partial charge in [0.15, 0.2) is 0 Å². The highest BCUT2D eigenvalue weighted by Crippen LogP contribution is 2.32. The molecule has 136 valence electrons. The molecule has 0 radical (unpaired) electrons. The monoisotopic (exact) mass is 338 g/mol. The second-order valence-electron chi connectivity index (χ2n) is 7.05. The van der Waals surface area contributed by atoms with E-state index in [0.717, 1.165) is 24.2 Å². The molecule has 1 heteroatoms. The molecule has 25 heavy (non-hydrogen) atoms. The molecule has 1 nitrogen and oxygen atoms in total. The van der Waals surface area contributed by atoms with Crippen molar-refractivity contribution in [1.82, 2.24) is 0 Å². The highest BCUT2D eigenvalue weighted by molar-refractivity contribution is 5.53. The van der Waals surface area contributed by atoms with E-state index in [-0.39, 0.29) is 11.5 Å². The number of rotatable bonds is 6. The van der Waals surface area contributed by atoms with Crippen molar-refractivity contribution in [3.05, 3.63) is 71.8 Å². The van der Waals surface area contributed by atoms with E-state index in [2.05, 4.69) is 76.7 Å². The van der Waals surface area contributed by atoms with Gasteiger partial charge in [0.1, 0.15) is 11.9 Å². The number of benzene rings is 2. The van der Waals surface area contributed by atoms with Gasteiger partial charge < -0.3 is 4.74 Å². The third-order valence-electron chi connectivity index (χ3n) is 4.03. The molecule has 0 saturated heterocycles. The maximum absolute atomic E-state index is 6.37. The van der Waals surface area contributed by atoms with Crippen LogP contribution in [-0.4, -0.2) is 0 Å². The van der Waals surface area contributed by atoms with Crippen LogP contribution in [-0.2, 0) is 5.41 Å². The predicted octanol–water partition coefficient (Wildman–Crippen LogP) is 7.57. The first kappa shape index (κ1) is 21.0. The van der Waals surface area contributed by atoms with Crippen molar-refractivity contribution in [3.8, 4) is 5.75 Å². The van der Waals surface area contributed by atoms with Gasteiger partial charge in [-0.15, -0.1) is 0 Å². The van der Waals surface area contributed by atoms with E-state index in [1.807, 2.05) is 26.0 Å². The topological polar surface area (TPSA) is 9.23 Å². The summed E-state index contributed by atoms with van der Waals surface area (Å²) >= 11 is 0. The van der Waals surface area contributed by atoms with Crippen molar-refractivity contribution < 1.29 is 4.74 Å². The molecule has 2 aromatic rings. The van der Waals surface area contributed by atoms with Crippen molar-refractivity contribution in [2.24, 2.45) is 0 Å². The van der Waals surface area contributed by atoms with Gasteiger partial charge in [0.2, 0.25) is 0 Å². The first-order valence-electron chi connectivity index (χ1n) is 9.43. The van der Waals surface area contributed by atoms with Crippen LogP contribution in [0, 0.1) is 0 Å². The highest BCUT2D eigenvalue weighted by Gasteiger charge is 2.17. The van der Waals surface area contributed by atoms with Crippen molar-refractivity contribution in [1.29, 1.82) is 0 Å². The van der Waals surface area contributed by atoms with Crippen LogP contribution in [0.1, 0.15) is 77.2 Å². The van der Waals surface area contributed by atoms with Gasteiger partial charge in [-0.3, -0.25) is 0 Å². The van der Waals surface area contributed by atoms with Crippen LogP contribution in [0.5, 0.6) is 5.75 Å². The molecule has 2 rings (SSSR count). The zero-order valence-electron chi connectivity index (χ0n) is 16.8. The second kappa shape index (κ2) is 10.1. The normalized spacial score (nSPS) is 11.9. The molecule has 2 aromatic carbocycles. The van der Waals surface area contributed by atoms with Crippen molar-refractivity contribution in [2.75, 3.05) is 0 Å². The summed E-state index contributed by atoms with van der Waals surface area (Å²) in [6, 6.07) is 16.9. The molecule has 0 aromatic heterocycles. The summed E-state index contributed by atoms with van der Waals surface area (Å²) in [6.45, 7) is 16.8. The second-order valence-corrected chi connectivity index (χ2v) is 7.05.